The highest BCUT2D eigenvalue weighted by Gasteiger charge is 2.27. The van der Waals surface area contributed by atoms with Crippen molar-refractivity contribution in [1.82, 2.24) is 25.1 Å². The summed E-state index contributed by atoms with van der Waals surface area (Å²) in [6.07, 6.45) is 12.5. The van der Waals surface area contributed by atoms with Gasteiger partial charge in [-0.05, 0) is 73.6 Å². The number of nitrogens with zero attached hydrogens (tertiary/aromatic N) is 4. The summed E-state index contributed by atoms with van der Waals surface area (Å²) in [6.45, 7) is 8.30. The van der Waals surface area contributed by atoms with Crippen molar-refractivity contribution in [3.05, 3.63) is 59.8 Å². The molecular weight excluding hydrogens is 490 g/mol. The minimum absolute atomic E-state index is 0.201. The minimum Gasteiger partial charge on any atom is -0.404 e. The summed E-state index contributed by atoms with van der Waals surface area (Å²) in [5, 5.41) is 14.5. The quantitative estimate of drug-likeness (QED) is 0.244. The van der Waals surface area contributed by atoms with Crippen molar-refractivity contribution in [3.8, 4) is 0 Å². The zero-order valence-electron chi connectivity index (χ0n) is 23.0. The Bertz CT molecular complexity index is 1250. The van der Waals surface area contributed by atoms with E-state index in [9.17, 15) is 4.79 Å². The molecule has 7 N–H and O–H groups in total. The number of carbonyl (C=O) groups excluding carboxylic acids is 1. The van der Waals surface area contributed by atoms with Gasteiger partial charge in [0.1, 0.15) is 11.6 Å². The van der Waals surface area contributed by atoms with Crippen LogP contribution >= 0.6 is 0 Å². The molecule has 0 radical (unpaired) electrons. The van der Waals surface area contributed by atoms with Gasteiger partial charge in [0.05, 0.1) is 11.0 Å². The lowest BCUT2D eigenvalue weighted by molar-refractivity contribution is 0.140. The topological polar surface area (TPSA) is 149 Å². The molecule has 2 amide bonds. The zero-order valence-corrected chi connectivity index (χ0v) is 23.0. The van der Waals surface area contributed by atoms with Crippen molar-refractivity contribution in [3.63, 3.8) is 0 Å². The molecule has 0 unspecified atom stereocenters. The lowest BCUT2D eigenvalue weighted by atomic mass is 9.97. The minimum atomic E-state index is 0.201. The van der Waals surface area contributed by atoms with Crippen LogP contribution in [-0.4, -0.2) is 64.7 Å². The number of nitrogens with one attached hydrogen (secondary N) is 3. The SMILES string of the molecule is CC(C)C(=C/N)/C=C(\N)Nc1ccc2ncc(/C(C=N)=C/NCC3CCN(C(=O)N4CCCC4)CC3)cc2n1. The van der Waals surface area contributed by atoms with Gasteiger partial charge in [-0.15, -0.1) is 0 Å². The standard InChI is InChI=1S/C29H41N9O/c1-20(2)22(15-30)14-27(32)36-28-6-5-25-26(35-28)13-23(19-34-25)24(16-31)18-33-17-21-7-11-38(12-8-21)29(39)37-9-3-4-10-37/h5-6,13-16,18-21,31,33H,3-4,7-12,17,30,32H2,1-2H3,(H,35,36)/b22-15+,24-18+,27-14+,31-16?. The van der Waals surface area contributed by atoms with E-state index in [2.05, 4.69) is 20.6 Å². The van der Waals surface area contributed by atoms with Crippen molar-refractivity contribution in [1.29, 1.82) is 5.41 Å². The van der Waals surface area contributed by atoms with Crippen LogP contribution in [0.15, 0.2) is 54.3 Å². The van der Waals surface area contributed by atoms with E-state index in [1.54, 1.807) is 12.4 Å². The Balaban J connectivity index is 1.36. The molecule has 2 aliphatic heterocycles. The van der Waals surface area contributed by atoms with Gasteiger partial charge >= 0.3 is 6.03 Å². The first-order chi connectivity index (χ1) is 18.9. The predicted octanol–water partition coefficient (Wildman–Crippen LogP) is 3.85. The summed E-state index contributed by atoms with van der Waals surface area (Å²) < 4.78 is 0. The number of amides is 2. The maximum Gasteiger partial charge on any atom is 0.319 e. The van der Waals surface area contributed by atoms with Crippen LogP contribution in [0.4, 0.5) is 10.6 Å². The van der Waals surface area contributed by atoms with E-state index in [0.29, 0.717) is 23.1 Å². The van der Waals surface area contributed by atoms with Gasteiger partial charge in [0, 0.05) is 62.5 Å². The number of pyridine rings is 2. The van der Waals surface area contributed by atoms with Gasteiger partial charge in [-0.2, -0.15) is 0 Å². The lowest BCUT2D eigenvalue weighted by Gasteiger charge is -2.34. The van der Waals surface area contributed by atoms with Crippen molar-refractivity contribution >= 4 is 34.7 Å². The monoisotopic (exact) mass is 531 g/mol. The Hall–Kier alpha value is -4.08. The molecule has 0 aromatic carbocycles. The molecule has 0 bridgehead atoms. The number of rotatable bonds is 9. The number of carbonyl (C=O) groups is 1. The second-order valence-electron chi connectivity index (χ2n) is 10.6. The second-order valence-corrected chi connectivity index (χ2v) is 10.6. The highest BCUT2D eigenvalue weighted by atomic mass is 16.2. The average molecular weight is 532 g/mol. The van der Waals surface area contributed by atoms with E-state index < -0.39 is 0 Å². The largest absolute Gasteiger partial charge is 0.404 e. The summed E-state index contributed by atoms with van der Waals surface area (Å²) >= 11 is 0. The Kier molecular flexibility index (Phi) is 9.40. The van der Waals surface area contributed by atoms with Crippen molar-refractivity contribution in [2.24, 2.45) is 23.3 Å². The van der Waals surface area contributed by atoms with Crippen LogP contribution in [-0.2, 0) is 0 Å². The molecule has 208 valence electrons. The van der Waals surface area contributed by atoms with Gasteiger partial charge in [-0.3, -0.25) is 4.98 Å². The molecule has 2 aromatic heterocycles. The first-order valence-electron chi connectivity index (χ1n) is 13.8. The number of urea groups is 1. The second kappa shape index (κ2) is 13.1. The van der Waals surface area contributed by atoms with Crippen LogP contribution in [0.1, 0.15) is 45.1 Å². The number of piperidine rings is 1. The number of hydrogen-bond acceptors (Lipinski definition) is 8. The maximum absolute atomic E-state index is 12.6. The Morgan fingerprint density at radius 1 is 1.15 bits per heavy atom. The highest BCUT2D eigenvalue weighted by Crippen LogP contribution is 2.21. The molecule has 10 nitrogen and oxygen atoms in total. The summed E-state index contributed by atoms with van der Waals surface area (Å²) in [4.78, 5) is 25.8. The molecule has 0 aliphatic carbocycles. The summed E-state index contributed by atoms with van der Waals surface area (Å²) in [7, 11) is 0. The first-order valence-corrected chi connectivity index (χ1v) is 13.8. The van der Waals surface area contributed by atoms with E-state index in [0.717, 1.165) is 80.6 Å². The van der Waals surface area contributed by atoms with E-state index in [-0.39, 0.29) is 11.9 Å². The molecule has 0 spiro atoms. The van der Waals surface area contributed by atoms with Crippen LogP contribution in [0.5, 0.6) is 0 Å². The van der Waals surface area contributed by atoms with Gasteiger partial charge in [-0.25, -0.2) is 9.78 Å². The summed E-state index contributed by atoms with van der Waals surface area (Å²) in [5.74, 6) is 1.79. The van der Waals surface area contributed by atoms with Crippen molar-refractivity contribution in [2.75, 3.05) is 38.0 Å². The van der Waals surface area contributed by atoms with Crippen LogP contribution in [0.25, 0.3) is 16.6 Å². The first kappa shape index (κ1) is 27.9. The summed E-state index contributed by atoms with van der Waals surface area (Å²) in [5.41, 5.74) is 15.8. The fourth-order valence-electron chi connectivity index (χ4n) is 4.99. The number of likely N-dealkylation sites (tertiary alicyclic amines) is 2. The molecule has 2 aromatic rings. The highest BCUT2D eigenvalue weighted by molar-refractivity contribution is 6.08. The Morgan fingerprint density at radius 3 is 2.54 bits per heavy atom. The van der Waals surface area contributed by atoms with Gasteiger partial charge < -0.3 is 37.3 Å². The third-order valence-electron chi connectivity index (χ3n) is 7.41. The normalized spacial score (nSPS) is 17.7. The number of fused-ring (bicyclic) bond motifs is 1. The van der Waals surface area contributed by atoms with E-state index in [1.807, 2.05) is 54.1 Å². The Morgan fingerprint density at radius 2 is 1.87 bits per heavy atom. The van der Waals surface area contributed by atoms with Gasteiger partial charge in [-0.1, -0.05) is 13.8 Å². The fourth-order valence-corrected chi connectivity index (χ4v) is 4.99. The van der Waals surface area contributed by atoms with Crippen LogP contribution < -0.4 is 22.1 Å². The van der Waals surface area contributed by atoms with Crippen LogP contribution in [0.3, 0.4) is 0 Å². The number of aromatic nitrogens is 2. The van der Waals surface area contributed by atoms with Crippen molar-refractivity contribution in [2.45, 2.75) is 39.5 Å². The molecule has 0 atom stereocenters. The third kappa shape index (κ3) is 7.28. The molecule has 10 heteroatoms. The molecule has 2 saturated heterocycles. The van der Waals surface area contributed by atoms with Gasteiger partial charge in [0.2, 0.25) is 0 Å². The smallest absolute Gasteiger partial charge is 0.319 e. The Labute approximate surface area is 230 Å². The van der Waals surface area contributed by atoms with Crippen molar-refractivity contribution < 1.29 is 4.79 Å². The van der Waals surface area contributed by atoms with Gasteiger partial charge in [0.15, 0.2) is 0 Å². The third-order valence-corrected chi connectivity index (χ3v) is 7.41. The summed E-state index contributed by atoms with van der Waals surface area (Å²) in [6, 6.07) is 5.84. The van der Waals surface area contributed by atoms with E-state index >= 15 is 0 Å². The number of anilines is 1. The number of allylic oxidation sites excluding steroid dienone is 3. The predicted molar refractivity (Wildman–Crippen MR) is 158 cm³/mol. The average Bonchev–Trinajstić information content (AvgIpc) is 3.49. The number of nitrogens with two attached hydrogens (primary N) is 2. The molecular formula is C29H41N9O. The van der Waals surface area contributed by atoms with Crippen LogP contribution in [0.2, 0.25) is 0 Å². The van der Waals surface area contributed by atoms with Crippen LogP contribution in [0, 0.1) is 17.2 Å². The number of hydrogen-bond donors (Lipinski definition) is 5. The molecule has 39 heavy (non-hydrogen) atoms. The van der Waals surface area contributed by atoms with Gasteiger partial charge in [0.25, 0.3) is 0 Å². The molecule has 0 saturated carbocycles. The maximum atomic E-state index is 12.6. The zero-order chi connectivity index (χ0) is 27.8. The lowest BCUT2D eigenvalue weighted by Crippen LogP contribution is -2.46. The molecule has 4 heterocycles. The van der Waals surface area contributed by atoms with E-state index in [4.69, 9.17) is 16.9 Å². The fraction of sp³-hybridized carbons (Fsp3) is 0.448. The van der Waals surface area contributed by atoms with E-state index in [1.165, 1.54) is 6.21 Å². The molecule has 2 aliphatic rings. The molecule has 4 rings (SSSR count). The molecule has 2 fully saturated rings.